The van der Waals surface area contributed by atoms with E-state index in [2.05, 4.69) is 0 Å². The summed E-state index contributed by atoms with van der Waals surface area (Å²) < 4.78 is 6.29. The lowest BCUT2D eigenvalue weighted by Gasteiger charge is -2.31. The Morgan fingerprint density at radius 2 is 1.96 bits per heavy atom. The molecule has 1 unspecified atom stereocenters. The van der Waals surface area contributed by atoms with Crippen LogP contribution in [0.25, 0.3) is 0 Å². The quantitative estimate of drug-likeness (QED) is 0.475. The van der Waals surface area contributed by atoms with Gasteiger partial charge in [0, 0.05) is 6.20 Å². The predicted molar refractivity (Wildman–Crippen MR) is 88.4 cm³/mol. The maximum atomic E-state index is 12.8. The summed E-state index contributed by atoms with van der Waals surface area (Å²) in [5.74, 6) is -1.98. The zero-order valence-corrected chi connectivity index (χ0v) is 14.0. The highest BCUT2D eigenvalue weighted by molar-refractivity contribution is 6.42. The number of esters is 1. The standard InChI is InChI=1S/C16H12Cl2N2O4/c1-2-24-16(23)13-15(22)20(9-5-6-10(17)11(18)8-9)14(21)12-4-3-7-19(12)13/h3-8,13H,2H2,1H3. The first-order chi connectivity index (χ1) is 11.5. The Kier molecular flexibility index (Phi) is 4.34. The van der Waals surface area contributed by atoms with Gasteiger partial charge in [-0.25, -0.2) is 9.69 Å². The molecule has 2 aromatic rings. The Hall–Kier alpha value is -2.31. The van der Waals surface area contributed by atoms with E-state index in [-0.39, 0.29) is 23.0 Å². The van der Waals surface area contributed by atoms with E-state index < -0.39 is 23.8 Å². The average molecular weight is 367 g/mol. The lowest BCUT2D eigenvalue weighted by Crippen LogP contribution is -2.50. The van der Waals surface area contributed by atoms with Gasteiger partial charge >= 0.3 is 5.97 Å². The van der Waals surface area contributed by atoms with Crippen LogP contribution in [0.1, 0.15) is 23.5 Å². The molecule has 0 N–H and O–H groups in total. The van der Waals surface area contributed by atoms with Crippen LogP contribution in [0.2, 0.25) is 10.0 Å². The summed E-state index contributed by atoms with van der Waals surface area (Å²) in [4.78, 5) is 38.6. The molecular formula is C16H12Cl2N2O4. The Balaban J connectivity index is 2.11. The van der Waals surface area contributed by atoms with Gasteiger partial charge in [-0.15, -0.1) is 0 Å². The summed E-state index contributed by atoms with van der Waals surface area (Å²) in [6.45, 7) is 1.77. The second-order valence-electron chi connectivity index (χ2n) is 5.03. The molecule has 8 heteroatoms. The van der Waals surface area contributed by atoms with Crippen LogP contribution in [-0.4, -0.2) is 29.0 Å². The number of carbonyl (C=O) groups excluding carboxylic acids is 3. The SMILES string of the molecule is CCOC(=O)C1C(=O)N(c2ccc(Cl)c(Cl)c2)C(=O)c2cccn21. The van der Waals surface area contributed by atoms with Crippen LogP contribution in [0.15, 0.2) is 36.5 Å². The third kappa shape index (κ3) is 2.57. The summed E-state index contributed by atoms with van der Waals surface area (Å²) in [6, 6.07) is 6.23. The van der Waals surface area contributed by atoms with Crippen molar-refractivity contribution in [3.8, 4) is 0 Å². The number of nitrogens with zero attached hydrogens (tertiary/aromatic N) is 2. The molecular weight excluding hydrogens is 355 g/mol. The van der Waals surface area contributed by atoms with Crippen LogP contribution in [0.3, 0.4) is 0 Å². The summed E-state index contributed by atoms with van der Waals surface area (Å²) >= 11 is 11.9. The largest absolute Gasteiger partial charge is 0.464 e. The molecule has 3 rings (SSSR count). The first kappa shape index (κ1) is 16.5. The maximum absolute atomic E-state index is 12.8. The lowest BCUT2D eigenvalue weighted by atomic mass is 10.1. The minimum absolute atomic E-state index is 0.125. The van der Waals surface area contributed by atoms with Crippen LogP contribution < -0.4 is 4.90 Å². The van der Waals surface area contributed by atoms with E-state index >= 15 is 0 Å². The first-order valence-electron chi connectivity index (χ1n) is 7.12. The minimum Gasteiger partial charge on any atom is -0.464 e. The summed E-state index contributed by atoms with van der Waals surface area (Å²) in [6.07, 6.45) is 1.50. The molecule has 0 aliphatic carbocycles. The maximum Gasteiger partial charge on any atom is 0.339 e. The van der Waals surface area contributed by atoms with Crippen molar-refractivity contribution in [1.82, 2.24) is 4.57 Å². The van der Waals surface area contributed by atoms with Crippen molar-refractivity contribution in [3.63, 3.8) is 0 Å². The predicted octanol–water partition coefficient (Wildman–Crippen LogP) is 3.09. The highest BCUT2D eigenvalue weighted by atomic mass is 35.5. The third-order valence-electron chi connectivity index (χ3n) is 3.60. The minimum atomic E-state index is -1.26. The second-order valence-corrected chi connectivity index (χ2v) is 5.85. The molecule has 2 amide bonds. The van der Waals surface area contributed by atoms with Crippen molar-refractivity contribution >= 4 is 46.7 Å². The fourth-order valence-corrected chi connectivity index (χ4v) is 2.85. The van der Waals surface area contributed by atoms with Crippen LogP contribution in [-0.2, 0) is 14.3 Å². The van der Waals surface area contributed by atoms with Gasteiger partial charge in [-0.1, -0.05) is 23.2 Å². The molecule has 0 radical (unpaired) electrons. The van der Waals surface area contributed by atoms with Gasteiger partial charge in [0.15, 0.2) is 0 Å². The number of halogens is 2. The molecule has 2 heterocycles. The van der Waals surface area contributed by atoms with Crippen LogP contribution in [0.4, 0.5) is 5.69 Å². The Morgan fingerprint density at radius 1 is 1.21 bits per heavy atom. The second kappa shape index (κ2) is 6.30. The molecule has 6 nitrogen and oxygen atoms in total. The number of imide groups is 1. The summed E-state index contributed by atoms with van der Waals surface area (Å²) in [7, 11) is 0. The number of benzene rings is 1. The zero-order chi connectivity index (χ0) is 17.4. The molecule has 1 atom stereocenters. The van der Waals surface area contributed by atoms with E-state index in [1.807, 2.05) is 0 Å². The molecule has 0 saturated carbocycles. The topological polar surface area (TPSA) is 68.6 Å². The highest BCUT2D eigenvalue weighted by Crippen LogP contribution is 2.32. The van der Waals surface area contributed by atoms with Gasteiger partial charge in [0.2, 0.25) is 6.04 Å². The van der Waals surface area contributed by atoms with Gasteiger partial charge < -0.3 is 9.30 Å². The van der Waals surface area contributed by atoms with Crippen molar-refractivity contribution < 1.29 is 19.1 Å². The Bertz CT molecular complexity index is 846. The third-order valence-corrected chi connectivity index (χ3v) is 4.34. The number of aromatic nitrogens is 1. The number of hydrogen-bond acceptors (Lipinski definition) is 4. The number of fused-ring (bicyclic) bond motifs is 1. The van der Waals surface area contributed by atoms with Gasteiger partial charge in [-0.2, -0.15) is 0 Å². The number of rotatable bonds is 3. The molecule has 124 valence electrons. The Labute approximate surface area is 147 Å². The normalized spacial score (nSPS) is 17.0. The number of hydrogen-bond donors (Lipinski definition) is 0. The van der Waals surface area contributed by atoms with Crippen LogP contribution in [0.5, 0.6) is 0 Å². The van der Waals surface area contributed by atoms with E-state index in [9.17, 15) is 14.4 Å². The van der Waals surface area contributed by atoms with Crippen LogP contribution in [0, 0.1) is 0 Å². The van der Waals surface area contributed by atoms with Gasteiger partial charge in [-0.05, 0) is 37.3 Å². The molecule has 1 aromatic heterocycles. The van der Waals surface area contributed by atoms with Crippen molar-refractivity contribution in [2.24, 2.45) is 0 Å². The highest BCUT2D eigenvalue weighted by Gasteiger charge is 2.44. The average Bonchev–Trinajstić information content (AvgIpc) is 3.00. The lowest BCUT2D eigenvalue weighted by molar-refractivity contribution is -0.150. The molecule has 0 fully saturated rings. The van der Waals surface area contributed by atoms with Crippen molar-refractivity contribution in [1.29, 1.82) is 0 Å². The summed E-state index contributed by atoms with van der Waals surface area (Å²) in [5, 5.41) is 0.492. The molecule has 1 aliphatic rings. The number of anilines is 1. The van der Waals surface area contributed by atoms with Crippen molar-refractivity contribution in [2.75, 3.05) is 11.5 Å². The molecule has 0 spiro atoms. The van der Waals surface area contributed by atoms with Gasteiger partial charge in [0.1, 0.15) is 5.69 Å². The molecule has 1 aromatic carbocycles. The molecule has 0 saturated heterocycles. The number of ether oxygens (including phenoxy) is 1. The van der Waals surface area contributed by atoms with E-state index in [4.69, 9.17) is 27.9 Å². The van der Waals surface area contributed by atoms with Gasteiger partial charge in [0.05, 0.1) is 22.3 Å². The van der Waals surface area contributed by atoms with E-state index in [1.165, 1.54) is 35.0 Å². The Morgan fingerprint density at radius 3 is 2.62 bits per heavy atom. The molecule has 24 heavy (non-hydrogen) atoms. The van der Waals surface area contributed by atoms with Crippen LogP contribution >= 0.6 is 23.2 Å². The monoisotopic (exact) mass is 366 g/mol. The first-order valence-corrected chi connectivity index (χ1v) is 7.88. The number of carbonyl (C=O) groups is 3. The van der Waals surface area contributed by atoms with Gasteiger partial charge in [0.25, 0.3) is 11.8 Å². The van der Waals surface area contributed by atoms with Crippen molar-refractivity contribution in [2.45, 2.75) is 13.0 Å². The fourth-order valence-electron chi connectivity index (χ4n) is 2.56. The van der Waals surface area contributed by atoms with E-state index in [1.54, 1.807) is 13.0 Å². The van der Waals surface area contributed by atoms with E-state index in [0.717, 1.165) is 4.90 Å². The molecule has 1 aliphatic heterocycles. The fraction of sp³-hybridized carbons (Fsp3) is 0.188. The van der Waals surface area contributed by atoms with Crippen molar-refractivity contribution in [3.05, 3.63) is 52.3 Å². The number of amides is 2. The summed E-state index contributed by atoms with van der Waals surface area (Å²) in [5.41, 5.74) is 0.444. The van der Waals surface area contributed by atoms with Gasteiger partial charge in [-0.3, -0.25) is 9.59 Å². The molecule has 0 bridgehead atoms. The van der Waals surface area contributed by atoms with E-state index in [0.29, 0.717) is 5.02 Å². The zero-order valence-electron chi connectivity index (χ0n) is 12.5. The smallest absolute Gasteiger partial charge is 0.339 e.